The molecule has 0 saturated carbocycles. The Kier molecular flexibility index (Phi) is 6.63. The molecule has 0 aliphatic carbocycles. The second-order valence-electron chi connectivity index (χ2n) is 18.8. The van der Waals surface area contributed by atoms with E-state index in [1.807, 2.05) is 11.3 Å². The fraction of sp³-hybridized carbons (Fsp3) is 0.0690. The molecule has 9 aromatic carbocycles. The molecule has 2 aliphatic heterocycles. The molecule has 6 heterocycles. The fourth-order valence-corrected chi connectivity index (χ4v) is 12.5. The monoisotopic (exact) mass is 836 g/mol. The second-order valence-corrected chi connectivity index (χ2v) is 19.9. The van der Waals surface area contributed by atoms with Crippen LogP contribution in [0, 0.1) is 0 Å². The Hall–Kier alpha value is -7.54. The van der Waals surface area contributed by atoms with Crippen LogP contribution in [0.3, 0.4) is 0 Å². The van der Waals surface area contributed by atoms with E-state index in [1.165, 1.54) is 80.7 Å². The minimum absolute atomic E-state index is 0.0451. The summed E-state index contributed by atoms with van der Waals surface area (Å²) in [7, 11) is 0. The van der Waals surface area contributed by atoms with Gasteiger partial charge in [-0.05, 0) is 87.6 Å². The summed E-state index contributed by atoms with van der Waals surface area (Å²) in [5, 5.41) is 9.60. The molecule has 15 rings (SSSR count). The Bertz CT molecular complexity index is 4200. The van der Waals surface area contributed by atoms with E-state index in [0.29, 0.717) is 0 Å². The van der Waals surface area contributed by atoms with E-state index in [2.05, 4.69) is 200 Å². The molecule has 0 fully saturated rings. The number of furan rings is 2. The van der Waals surface area contributed by atoms with E-state index in [1.54, 1.807) is 0 Å². The molecule has 0 radical (unpaired) electrons. The van der Waals surface area contributed by atoms with Gasteiger partial charge in [-0.3, -0.25) is 0 Å². The third-order valence-corrected chi connectivity index (χ3v) is 15.4. The SMILES string of the molecule is CC(C)(C)c1ccc2c(c1)c1c3c(oc4ccccc43)c3c4c1n2-c1cc2sc5ccccc5c2cc1B4N(c1cccc(-c2ccccc2)c1)c1cc2oc4ccccc4c2cc1-3. The topological polar surface area (TPSA) is 34.5 Å². The molecule has 0 atom stereocenters. The van der Waals surface area contributed by atoms with Crippen molar-refractivity contribution in [2.24, 2.45) is 0 Å². The standard InChI is InChI=1S/C58H37BN2O2S/c1-58(2,3)34-24-25-44-41(27-34)52-53-38-20-8-11-22-48(38)63-57(53)54-42-28-39-36-18-7-10-21-47(36)62-49(39)30-45(42)61(35-17-13-16-33(26-35)32-14-5-4-6-15-32)59-43-29-40-37-19-9-12-23-50(37)64-51(40)31-46(43)60(44)56(52)55(54)59/h4-31H,1-3H3. The molecular weight excluding hydrogens is 800 g/mol. The summed E-state index contributed by atoms with van der Waals surface area (Å²) in [6.07, 6.45) is 0. The molecule has 0 spiro atoms. The number of para-hydroxylation sites is 2. The maximum atomic E-state index is 7.30. The average molecular weight is 837 g/mol. The lowest BCUT2D eigenvalue weighted by Gasteiger charge is -2.42. The first kappa shape index (κ1) is 35.0. The van der Waals surface area contributed by atoms with Crippen molar-refractivity contribution in [3.05, 3.63) is 175 Å². The van der Waals surface area contributed by atoms with Crippen LogP contribution in [0.5, 0.6) is 0 Å². The Morgan fingerprint density at radius 2 is 1.27 bits per heavy atom. The predicted molar refractivity (Wildman–Crippen MR) is 271 cm³/mol. The highest BCUT2D eigenvalue weighted by Gasteiger charge is 2.46. The maximum Gasteiger partial charge on any atom is 0.333 e. The van der Waals surface area contributed by atoms with Crippen LogP contribution >= 0.6 is 11.3 Å². The summed E-state index contributed by atoms with van der Waals surface area (Å²) >= 11 is 1.89. The molecule has 0 bridgehead atoms. The van der Waals surface area contributed by atoms with Gasteiger partial charge in [0.2, 0.25) is 0 Å². The summed E-state index contributed by atoms with van der Waals surface area (Å²) in [5.74, 6) is 0. The number of fused-ring (bicyclic) bond motifs is 19. The van der Waals surface area contributed by atoms with E-state index < -0.39 is 0 Å². The van der Waals surface area contributed by atoms with Gasteiger partial charge < -0.3 is 18.2 Å². The van der Waals surface area contributed by atoms with Crippen molar-refractivity contribution in [1.29, 1.82) is 0 Å². The van der Waals surface area contributed by atoms with E-state index in [0.717, 1.165) is 61.0 Å². The van der Waals surface area contributed by atoms with Gasteiger partial charge in [0.05, 0.1) is 11.0 Å². The van der Waals surface area contributed by atoms with Gasteiger partial charge >= 0.3 is 6.85 Å². The highest BCUT2D eigenvalue weighted by molar-refractivity contribution is 7.26. The number of rotatable bonds is 2. The van der Waals surface area contributed by atoms with Gasteiger partial charge in [0, 0.05) is 86.7 Å². The van der Waals surface area contributed by atoms with Crippen LogP contribution < -0.4 is 15.7 Å². The zero-order valence-electron chi connectivity index (χ0n) is 35.4. The number of anilines is 2. The second kappa shape index (κ2) is 12.1. The molecule has 13 aromatic rings. The van der Waals surface area contributed by atoms with Crippen molar-refractivity contribution >= 4 is 126 Å². The van der Waals surface area contributed by atoms with Crippen LogP contribution in [0.4, 0.5) is 11.4 Å². The first-order valence-electron chi connectivity index (χ1n) is 22.2. The van der Waals surface area contributed by atoms with Crippen molar-refractivity contribution in [3.8, 4) is 27.9 Å². The van der Waals surface area contributed by atoms with E-state index in [9.17, 15) is 0 Å². The summed E-state index contributed by atoms with van der Waals surface area (Å²) in [4.78, 5) is 2.62. The first-order chi connectivity index (χ1) is 31.4. The van der Waals surface area contributed by atoms with Crippen LogP contribution in [0.2, 0.25) is 0 Å². The van der Waals surface area contributed by atoms with Crippen LogP contribution in [0.15, 0.2) is 179 Å². The molecule has 6 heteroatoms. The number of hydrogen-bond acceptors (Lipinski definition) is 4. The largest absolute Gasteiger partial charge is 0.456 e. The Morgan fingerprint density at radius 3 is 2.11 bits per heavy atom. The molecule has 0 amide bonds. The molecule has 0 N–H and O–H groups in total. The quantitative estimate of drug-likeness (QED) is 0.163. The van der Waals surface area contributed by atoms with Crippen molar-refractivity contribution in [2.75, 3.05) is 4.81 Å². The molecule has 64 heavy (non-hydrogen) atoms. The number of nitrogens with zero attached hydrogens (tertiary/aromatic N) is 2. The van der Waals surface area contributed by atoms with Crippen molar-refractivity contribution < 1.29 is 8.83 Å². The van der Waals surface area contributed by atoms with Gasteiger partial charge in [-0.25, -0.2) is 0 Å². The highest BCUT2D eigenvalue weighted by atomic mass is 32.1. The normalized spacial score (nSPS) is 13.5. The van der Waals surface area contributed by atoms with Gasteiger partial charge in [0.1, 0.15) is 22.3 Å². The number of benzene rings is 9. The van der Waals surface area contributed by atoms with Gasteiger partial charge in [-0.1, -0.05) is 130 Å². The van der Waals surface area contributed by atoms with Gasteiger partial charge in [-0.2, -0.15) is 0 Å². The lowest BCUT2D eigenvalue weighted by molar-refractivity contribution is 0.591. The zero-order chi connectivity index (χ0) is 42.2. The number of aromatic nitrogens is 1. The minimum atomic E-state index is -0.215. The van der Waals surface area contributed by atoms with E-state index in [-0.39, 0.29) is 12.3 Å². The van der Waals surface area contributed by atoms with Crippen molar-refractivity contribution in [2.45, 2.75) is 26.2 Å². The van der Waals surface area contributed by atoms with E-state index in [4.69, 9.17) is 8.83 Å². The van der Waals surface area contributed by atoms with Crippen LogP contribution in [-0.4, -0.2) is 11.4 Å². The molecular formula is C58H37BN2O2S. The minimum Gasteiger partial charge on any atom is -0.456 e. The number of hydrogen-bond donors (Lipinski definition) is 0. The maximum absolute atomic E-state index is 7.30. The highest BCUT2D eigenvalue weighted by Crippen LogP contribution is 2.53. The summed E-state index contributed by atoms with van der Waals surface area (Å²) in [5.41, 5.74) is 17.9. The third kappa shape index (κ3) is 4.48. The third-order valence-electron chi connectivity index (χ3n) is 14.3. The zero-order valence-corrected chi connectivity index (χ0v) is 36.2. The lowest BCUT2D eigenvalue weighted by Crippen LogP contribution is -2.60. The smallest absolute Gasteiger partial charge is 0.333 e. The van der Waals surface area contributed by atoms with Crippen LogP contribution in [-0.2, 0) is 5.41 Å². The molecule has 4 nitrogen and oxygen atoms in total. The van der Waals surface area contributed by atoms with Gasteiger partial charge in [0.15, 0.2) is 0 Å². The summed E-state index contributed by atoms with van der Waals surface area (Å²) < 4.78 is 19.3. The average Bonchev–Trinajstić information content (AvgIpc) is 4.08. The molecule has 0 unspecified atom stereocenters. The Morgan fingerprint density at radius 1 is 0.516 bits per heavy atom. The summed E-state index contributed by atoms with van der Waals surface area (Å²) in [6.45, 7) is 6.74. The Labute approximate surface area is 372 Å². The molecule has 0 saturated heterocycles. The van der Waals surface area contributed by atoms with Crippen molar-refractivity contribution in [3.63, 3.8) is 0 Å². The first-order valence-corrected chi connectivity index (χ1v) is 23.0. The van der Waals surface area contributed by atoms with Crippen molar-refractivity contribution in [1.82, 2.24) is 4.57 Å². The van der Waals surface area contributed by atoms with Gasteiger partial charge in [0.25, 0.3) is 0 Å². The lowest BCUT2D eigenvalue weighted by atomic mass is 9.43. The van der Waals surface area contributed by atoms with Gasteiger partial charge in [-0.15, -0.1) is 11.3 Å². The molecule has 300 valence electrons. The predicted octanol–water partition coefficient (Wildman–Crippen LogP) is 15.2. The van der Waals surface area contributed by atoms with E-state index >= 15 is 0 Å². The summed E-state index contributed by atoms with van der Waals surface area (Å²) in [6, 6.07) is 62.7. The molecule has 2 aliphatic rings. The fourth-order valence-electron chi connectivity index (χ4n) is 11.4. The Balaban J connectivity index is 1.19. The van der Waals surface area contributed by atoms with Crippen LogP contribution in [0.25, 0.3) is 114 Å². The number of thiophene rings is 1. The molecule has 4 aromatic heterocycles. The van der Waals surface area contributed by atoms with Crippen LogP contribution in [0.1, 0.15) is 26.3 Å².